The Morgan fingerprint density at radius 2 is 1.84 bits per heavy atom. The highest BCUT2D eigenvalue weighted by Crippen LogP contribution is 2.39. The fraction of sp³-hybridized carbons (Fsp3) is 0.304. The van der Waals surface area contributed by atoms with Crippen molar-refractivity contribution in [3.05, 3.63) is 65.9 Å². The van der Waals surface area contributed by atoms with Gasteiger partial charge >= 0.3 is 6.18 Å². The van der Waals surface area contributed by atoms with Gasteiger partial charge in [-0.25, -0.2) is 4.98 Å². The molecule has 1 aliphatic rings. The third-order valence-corrected chi connectivity index (χ3v) is 6.62. The zero-order valence-corrected chi connectivity index (χ0v) is 17.5. The molecule has 1 aromatic heterocycles. The van der Waals surface area contributed by atoms with Crippen LogP contribution in [0.1, 0.15) is 35.3 Å². The van der Waals surface area contributed by atoms with Crippen molar-refractivity contribution in [1.82, 2.24) is 9.88 Å². The Morgan fingerprint density at radius 1 is 1.10 bits per heavy atom. The van der Waals surface area contributed by atoms with E-state index < -0.39 is 11.7 Å². The number of halogens is 3. The van der Waals surface area contributed by atoms with Gasteiger partial charge in [0.25, 0.3) is 5.91 Å². The molecule has 2 N–H and O–H groups in total. The minimum absolute atomic E-state index is 0.0857. The first-order chi connectivity index (χ1) is 14.9. The highest BCUT2D eigenvalue weighted by molar-refractivity contribution is 7.18. The normalized spacial score (nSPS) is 17.0. The molecule has 1 saturated heterocycles. The van der Waals surface area contributed by atoms with Crippen LogP contribution >= 0.6 is 11.3 Å². The summed E-state index contributed by atoms with van der Waals surface area (Å²) in [6.07, 6.45) is -1.78. The molecule has 4 nitrogen and oxygen atoms in total. The quantitative estimate of drug-likeness (QED) is 0.581. The lowest BCUT2D eigenvalue weighted by Gasteiger charge is -2.34. The van der Waals surface area contributed by atoms with Crippen molar-refractivity contribution in [1.29, 1.82) is 0 Å². The summed E-state index contributed by atoms with van der Waals surface area (Å²) in [7, 11) is 0. The maximum absolute atomic E-state index is 13.5. The third kappa shape index (κ3) is 4.50. The average molecular weight is 446 g/mol. The molecule has 2 heterocycles. The Kier molecular flexibility index (Phi) is 6.11. The van der Waals surface area contributed by atoms with Gasteiger partial charge in [0, 0.05) is 24.7 Å². The van der Waals surface area contributed by atoms with Gasteiger partial charge in [0.2, 0.25) is 0 Å². The molecule has 4 rings (SSSR count). The summed E-state index contributed by atoms with van der Waals surface area (Å²) < 4.78 is 39.9. The lowest BCUT2D eigenvalue weighted by Crippen LogP contribution is -2.47. The van der Waals surface area contributed by atoms with E-state index in [1.165, 1.54) is 17.4 Å². The van der Waals surface area contributed by atoms with Crippen LogP contribution < -0.4 is 5.73 Å². The molecule has 0 radical (unpaired) electrons. The first kappa shape index (κ1) is 21.5. The van der Waals surface area contributed by atoms with Crippen molar-refractivity contribution in [2.45, 2.75) is 31.5 Å². The molecule has 1 unspecified atom stereocenters. The van der Waals surface area contributed by atoms with E-state index in [-0.39, 0.29) is 17.6 Å². The molecule has 0 aliphatic carbocycles. The van der Waals surface area contributed by atoms with E-state index >= 15 is 0 Å². The van der Waals surface area contributed by atoms with Crippen LogP contribution in [0, 0.1) is 0 Å². The van der Waals surface area contributed by atoms with Gasteiger partial charge < -0.3 is 10.6 Å². The zero-order chi connectivity index (χ0) is 22.0. The number of carbonyl (C=O) groups is 1. The van der Waals surface area contributed by atoms with Crippen molar-refractivity contribution in [2.75, 3.05) is 13.1 Å². The molecule has 0 saturated carbocycles. The molecule has 8 heteroatoms. The largest absolute Gasteiger partial charge is 0.416 e. The number of hydrogen-bond acceptors (Lipinski definition) is 4. The number of piperidine rings is 1. The number of hydrogen-bond donors (Lipinski definition) is 1. The first-order valence-electron chi connectivity index (χ1n) is 10.1. The molecule has 0 spiro atoms. The Balaban J connectivity index is 1.82. The summed E-state index contributed by atoms with van der Waals surface area (Å²) in [6, 6.07) is 14.3. The van der Waals surface area contributed by atoms with E-state index in [0.717, 1.165) is 37.0 Å². The molecule has 162 valence electrons. The SMILES string of the molecule is NCC1CCCCN1C(=O)c1nc(-c2ccccc2)sc1-c1cccc(C(F)(F)F)c1. The van der Waals surface area contributed by atoms with Gasteiger partial charge in [-0.05, 0) is 37.0 Å². The Bertz CT molecular complexity index is 1070. The molecule has 0 bridgehead atoms. The smallest absolute Gasteiger partial charge is 0.333 e. The third-order valence-electron chi connectivity index (χ3n) is 5.46. The number of nitrogens with zero attached hydrogens (tertiary/aromatic N) is 2. The molecule has 1 aliphatic heterocycles. The fourth-order valence-corrected chi connectivity index (χ4v) is 4.91. The number of amides is 1. The van der Waals surface area contributed by atoms with Crippen molar-refractivity contribution >= 4 is 17.2 Å². The summed E-state index contributed by atoms with van der Waals surface area (Å²) in [6.45, 7) is 0.918. The van der Waals surface area contributed by atoms with E-state index in [4.69, 9.17) is 5.73 Å². The highest BCUT2D eigenvalue weighted by atomic mass is 32.1. The lowest BCUT2D eigenvalue weighted by atomic mass is 10.0. The molecular weight excluding hydrogens is 423 g/mol. The number of rotatable bonds is 4. The number of carbonyl (C=O) groups excluding carboxylic acids is 1. The Hall–Kier alpha value is -2.71. The first-order valence-corrected chi connectivity index (χ1v) is 10.9. The molecule has 1 amide bonds. The van der Waals surface area contributed by atoms with Crippen LogP contribution in [-0.4, -0.2) is 34.9 Å². The summed E-state index contributed by atoms with van der Waals surface area (Å²) in [4.78, 5) is 20.2. The Labute approximate surface area is 182 Å². The van der Waals surface area contributed by atoms with Crippen LogP contribution in [-0.2, 0) is 6.18 Å². The van der Waals surface area contributed by atoms with Crippen LogP contribution in [0.3, 0.4) is 0 Å². The number of thiazole rings is 1. The van der Waals surface area contributed by atoms with E-state index in [1.807, 2.05) is 30.3 Å². The van der Waals surface area contributed by atoms with Crippen LogP contribution in [0.2, 0.25) is 0 Å². The highest BCUT2D eigenvalue weighted by Gasteiger charge is 2.33. The molecule has 1 atom stereocenters. The predicted molar refractivity (Wildman–Crippen MR) is 116 cm³/mol. The van der Waals surface area contributed by atoms with Crippen LogP contribution in [0.5, 0.6) is 0 Å². The second-order valence-corrected chi connectivity index (χ2v) is 8.52. The number of benzene rings is 2. The second-order valence-electron chi connectivity index (χ2n) is 7.53. The Morgan fingerprint density at radius 3 is 2.55 bits per heavy atom. The second kappa shape index (κ2) is 8.80. The van der Waals surface area contributed by atoms with Crippen LogP contribution in [0.25, 0.3) is 21.0 Å². The van der Waals surface area contributed by atoms with Crippen LogP contribution in [0.4, 0.5) is 13.2 Å². The van der Waals surface area contributed by atoms with Gasteiger partial charge in [-0.3, -0.25) is 4.79 Å². The fourth-order valence-electron chi connectivity index (χ4n) is 3.85. The number of aromatic nitrogens is 1. The molecule has 1 fully saturated rings. The van der Waals surface area contributed by atoms with Crippen LogP contribution in [0.15, 0.2) is 54.6 Å². The van der Waals surface area contributed by atoms with Gasteiger partial charge in [-0.15, -0.1) is 11.3 Å². The summed E-state index contributed by atoms with van der Waals surface area (Å²) in [5, 5.41) is 0.595. The van der Waals surface area contributed by atoms with Gasteiger partial charge in [-0.2, -0.15) is 13.2 Å². The lowest BCUT2D eigenvalue weighted by molar-refractivity contribution is -0.137. The summed E-state index contributed by atoms with van der Waals surface area (Å²) >= 11 is 1.23. The van der Waals surface area contributed by atoms with Gasteiger partial charge in [-0.1, -0.05) is 42.5 Å². The molecule has 31 heavy (non-hydrogen) atoms. The molecular formula is C23H22F3N3OS. The zero-order valence-electron chi connectivity index (χ0n) is 16.7. The van der Waals surface area contributed by atoms with Gasteiger partial charge in [0.15, 0.2) is 0 Å². The predicted octanol–water partition coefficient (Wildman–Crippen LogP) is 5.45. The maximum atomic E-state index is 13.5. The van der Waals surface area contributed by atoms with E-state index in [1.54, 1.807) is 11.0 Å². The number of nitrogens with two attached hydrogens (primary N) is 1. The minimum Gasteiger partial charge on any atom is -0.333 e. The number of alkyl halides is 3. The standard InChI is InChI=1S/C23H22F3N3OS/c24-23(25,26)17-10-6-9-16(13-17)20-19(22(30)29-12-5-4-11-18(29)14-27)28-21(31-20)15-7-2-1-3-8-15/h1-3,6-10,13,18H,4-5,11-12,14,27H2. The average Bonchev–Trinajstić information content (AvgIpc) is 3.24. The monoisotopic (exact) mass is 445 g/mol. The number of likely N-dealkylation sites (tertiary alicyclic amines) is 1. The van der Waals surface area contributed by atoms with Crippen molar-refractivity contribution in [2.24, 2.45) is 5.73 Å². The summed E-state index contributed by atoms with van der Waals surface area (Å²) in [5.74, 6) is -0.277. The van der Waals surface area contributed by atoms with E-state index in [0.29, 0.717) is 28.5 Å². The molecule has 3 aromatic rings. The van der Waals surface area contributed by atoms with E-state index in [9.17, 15) is 18.0 Å². The summed E-state index contributed by atoms with van der Waals surface area (Å²) in [5.41, 5.74) is 6.46. The minimum atomic E-state index is -4.47. The van der Waals surface area contributed by atoms with Gasteiger partial charge in [0.05, 0.1) is 10.4 Å². The van der Waals surface area contributed by atoms with Crippen molar-refractivity contribution in [3.63, 3.8) is 0 Å². The van der Waals surface area contributed by atoms with Crippen molar-refractivity contribution < 1.29 is 18.0 Å². The topological polar surface area (TPSA) is 59.2 Å². The van der Waals surface area contributed by atoms with Crippen molar-refractivity contribution in [3.8, 4) is 21.0 Å². The van der Waals surface area contributed by atoms with E-state index in [2.05, 4.69) is 4.98 Å². The molecule has 2 aromatic carbocycles. The van der Waals surface area contributed by atoms with Gasteiger partial charge in [0.1, 0.15) is 10.7 Å². The maximum Gasteiger partial charge on any atom is 0.416 e.